The lowest BCUT2D eigenvalue weighted by atomic mass is 9.81. The lowest BCUT2D eigenvalue weighted by molar-refractivity contribution is 0.0891. The van der Waals surface area contributed by atoms with Crippen LogP contribution in [0.25, 0.3) is 10.9 Å². The third-order valence-corrected chi connectivity index (χ3v) is 8.55. The highest BCUT2D eigenvalue weighted by atomic mass is 35.5. The number of carbonyl (C=O) groups excluding carboxylic acids is 2. The summed E-state index contributed by atoms with van der Waals surface area (Å²) >= 11 is 7.65. The highest BCUT2D eigenvalue weighted by Crippen LogP contribution is 2.30. The zero-order valence-electron chi connectivity index (χ0n) is 19.5. The van der Waals surface area contributed by atoms with Crippen LogP contribution in [0.2, 0.25) is 5.02 Å². The molecule has 3 heterocycles. The maximum absolute atomic E-state index is 13.0. The van der Waals surface area contributed by atoms with Gasteiger partial charge in [0.15, 0.2) is 10.8 Å². The molecule has 1 fully saturated rings. The Hall–Kier alpha value is -2.22. The highest BCUT2D eigenvalue weighted by Gasteiger charge is 2.28. The van der Waals surface area contributed by atoms with Gasteiger partial charge in [-0.25, -0.2) is 4.98 Å². The van der Waals surface area contributed by atoms with Crippen molar-refractivity contribution in [3.63, 3.8) is 0 Å². The Balaban J connectivity index is 1.16. The van der Waals surface area contributed by atoms with Gasteiger partial charge in [0.25, 0.3) is 5.91 Å². The smallest absolute Gasteiger partial charge is 0.267 e. The molecule has 5 rings (SSSR count). The van der Waals surface area contributed by atoms with Crippen molar-refractivity contribution >= 4 is 45.5 Å². The first-order valence-corrected chi connectivity index (χ1v) is 13.4. The molecule has 6 nitrogen and oxygen atoms in total. The van der Waals surface area contributed by atoms with Crippen molar-refractivity contribution in [2.24, 2.45) is 5.92 Å². The van der Waals surface area contributed by atoms with Crippen LogP contribution < -0.4 is 5.32 Å². The van der Waals surface area contributed by atoms with Crippen LogP contribution in [0.4, 0.5) is 0 Å². The number of benzene rings is 1. The Kier molecular flexibility index (Phi) is 7.04. The molecule has 3 aromatic rings. The van der Waals surface area contributed by atoms with Gasteiger partial charge in [0.05, 0.1) is 5.69 Å². The van der Waals surface area contributed by atoms with E-state index >= 15 is 0 Å². The second-order valence-corrected chi connectivity index (χ2v) is 11.3. The summed E-state index contributed by atoms with van der Waals surface area (Å²) in [5.41, 5.74) is 2.58. The number of nitrogens with one attached hydrogen (secondary N) is 2. The van der Waals surface area contributed by atoms with Gasteiger partial charge < -0.3 is 15.2 Å². The fourth-order valence-corrected chi connectivity index (χ4v) is 6.63. The first-order chi connectivity index (χ1) is 16.5. The summed E-state index contributed by atoms with van der Waals surface area (Å²) in [6.07, 6.45) is 7.65. The molecule has 1 aliphatic carbocycles. The molecule has 0 bridgehead atoms. The standard InChI is InChI=1S/C26H31ClN4O2S/c1-31-12-11-21-24(15-31)34-26(30-21)23(32)8-4-6-16-5-2-3-7-19(16)29-25(33)22-14-17-13-18(27)9-10-20(17)28-22/h9-10,13-14,16,19,28H,2-8,11-12,15H2,1H3,(H,29,33)/t16?,19-/m0/s1. The molecule has 0 radical (unpaired) electrons. The summed E-state index contributed by atoms with van der Waals surface area (Å²) in [4.78, 5) is 37.1. The van der Waals surface area contributed by atoms with E-state index in [2.05, 4.69) is 27.2 Å². The molecule has 2 N–H and O–H groups in total. The number of rotatable bonds is 7. The molecule has 1 aromatic carbocycles. The molecule has 180 valence electrons. The quantitative estimate of drug-likeness (QED) is 0.415. The number of amides is 1. The predicted molar refractivity (Wildman–Crippen MR) is 137 cm³/mol. The van der Waals surface area contributed by atoms with Gasteiger partial charge in [0.1, 0.15) is 5.69 Å². The van der Waals surface area contributed by atoms with Crippen molar-refractivity contribution in [1.82, 2.24) is 20.2 Å². The number of halogens is 1. The largest absolute Gasteiger partial charge is 0.351 e. The summed E-state index contributed by atoms with van der Waals surface area (Å²) in [6.45, 7) is 1.90. The number of aromatic nitrogens is 2. The van der Waals surface area contributed by atoms with Crippen LogP contribution in [0.5, 0.6) is 0 Å². The fourth-order valence-electron chi connectivity index (χ4n) is 5.29. The van der Waals surface area contributed by atoms with Crippen molar-refractivity contribution in [2.75, 3.05) is 13.6 Å². The van der Waals surface area contributed by atoms with E-state index < -0.39 is 0 Å². The van der Waals surface area contributed by atoms with Crippen molar-refractivity contribution in [1.29, 1.82) is 0 Å². The summed E-state index contributed by atoms with van der Waals surface area (Å²) in [5.74, 6) is 0.497. The molecule has 2 atom stereocenters. The maximum Gasteiger partial charge on any atom is 0.267 e. The van der Waals surface area contributed by atoms with Gasteiger partial charge in [0, 0.05) is 52.8 Å². The van der Waals surface area contributed by atoms with Crippen molar-refractivity contribution in [3.8, 4) is 0 Å². The Labute approximate surface area is 209 Å². The fraction of sp³-hybridized carbons (Fsp3) is 0.500. The number of fused-ring (bicyclic) bond motifs is 2. The lowest BCUT2D eigenvalue weighted by Gasteiger charge is -2.32. The second-order valence-electron chi connectivity index (χ2n) is 9.73. The number of thiazole rings is 1. The Bertz CT molecular complexity index is 1200. The first kappa shape index (κ1) is 23.5. The van der Waals surface area contributed by atoms with E-state index in [4.69, 9.17) is 11.6 Å². The van der Waals surface area contributed by atoms with Crippen molar-refractivity contribution in [3.05, 3.63) is 50.6 Å². The van der Waals surface area contributed by atoms with Gasteiger partial charge in [-0.05, 0) is 62.9 Å². The van der Waals surface area contributed by atoms with Crippen LogP contribution in [-0.2, 0) is 13.0 Å². The molecule has 2 aliphatic rings. The van der Waals surface area contributed by atoms with Crippen LogP contribution in [0.1, 0.15) is 75.8 Å². The average molecular weight is 499 g/mol. The average Bonchev–Trinajstić information content (AvgIpc) is 3.43. The molecule has 1 unspecified atom stereocenters. The highest BCUT2D eigenvalue weighted by molar-refractivity contribution is 7.13. The minimum absolute atomic E-state index is 0.0707. The number of aromatic amines is 1. The Morgan fingerprint density at radius 1 is 1.26 bits per heavy atom. The zero-order chi connectivity index (χ0) is 23.7. The number of Topliss-reactive ketones (excluding diaryl/α,β-unsaturated/α-hetero) is 1. The van der Waals surface area contributed by atoms with E-state index in [0.717, 1.165) is 68.2 Å². The van der Waals surface area contributed by atoms with Crippen LogP contribution in [0.3, 0.4) is 0 Å². The summed E-state index contributed by atoms with van der Waals surface area (Å²) in [6, 6.07) is 7.58. The number of carbonyl (C=O) groups is 2. The molecule has 34 heavy (non-hydrogen) atoms. The predicted octanol–water partition coefficient (Wildman–Crippen LogP) is 5.61. The number of nitrogens with zero attached hydrogens (tertiary/aromatic N) is 2. The van der Waals surface area contributed by atoms with E-state index in [1.165, 1.54) is 11.3 Å². The van der Waals surface area contributed by atoms with Crippen LogP contribution in [0.15, 0.2) is 24.3 Å². The summed E-state index contributed by atoms with van der Waals surface area (Å²) in [5, 5.41) is 5.53. The number of hydrogen-bond donors (Lipinski definition) is 2. The molecule has 1 aliphatic heterocycles. The monoisotopic (exact) mass is 498 g/mol. The molecular formula is C26H31ClN4O2S. The van der Waals surface area contributed by atoms with Crippen molar-refractivity contribution < 1.29 is 9.59 Å². The van der Waals surface area contributed by atoms with Gasteiger partial charge >= 0.3 is 0 Å². The van der Waals surface area contributed by atoms with E-state index in [1.54, 1.807) is 11.3 Å². The molecule has 0 spiro atoms. The number of likely N-dealkylation sites (N-methyl/N-ethyl adjacent to an activating group) is 1. The molecular weight excluding hydrogens is 468 g/mol. The van der Waals surface area contributed by atoms with E-state index in [9.17, 15) is 9.59 Å². The molecule has 2 aromatic heterocycles. The molecule has 1 saturated carbocycles. The van der Waals surface area contributed by atoms with Gasteiger partial charge in [-0.15, -0.1) is 11.3 Å². The van der Waals surface area contributed by atoms with E-state index in [0.29, 0.717) is 28.1 Å². The lowest BCUT2D eigenvalue weighted by Crippen LogP contribution is -2.42. The van der Waals surface area contributed by atoms with Gasteiger partial charge in [-0.2, -0.15) is 0 Å². The Morgan fingerprint density at radius 2 is 2.12 bits per heavy atom. The van der Waals surface area contributed by atoms with Gasteiger partial charge in [-0.1, -0.05) is 24.4 Å². The molecule has 8 heteroatoms. The van der Waals surface area contributed by atoms with Crippen LogP contribution in [0, 0.1) is 5.92 Å². The molecule has 0 saturated heterocycles. The summed E-state index contributed by atoms with van der Waals surface area (Å²) in [7, 11) is 2.11. The SMILES string of the molecule is CN1CCc2nc(C(=O)CCCC3CCCC[C@@H]3NC(=O)c3cc4cc(Cl)ccc4[nH]3)sc2C1. The summed E-state index contributed by atoms with van der Waals surface area (Å²) < 4.78 is 0. The minimum atomic E-state index is -0.0707. The van der Waals surface area contributed by atoms with Crippen LogP contribution in [-0.4, -0.2) is 46.2 Å². The number of H-pyrrole nitrogens is 1. The van der Waals surface area contributed by atoms with E-state index in [-0.39, 0.29) is 17.7 Å². The van der Waals surface area contributed by atoms with Gasteiger partial charge in [-0.3, -0.25) is 9.59 Å². The number of hydrogen-bond acceptors (Lipinski definition) is 5. The van der Waals surface area contributed by atoms with Crippen molar-refractivity contribution in [2.45, 2.75) is 64.0 Å². The Morgan fingerprint density at radius 3 is 3.00 bits per heavy atom. The second kappa shape index (κ2) is 10.2. The molecule has 1 amide bonds. The normalized spacial score (nSPS) is 20.9. The maximum atomic E-state index is 13.0. The third kappa shape index (κ3) is 5.21. The number of ketones is 1. The van der Waals surface area contributed by atoms with Gasteiger partial charge in [0.2, 0.25) is 0 Å². The first-order valence-electron chi connectivity index (χ1n) is 12.3. The van der Waals surface area contributed by atoms with E-state index in [1.807, 2.05) is 24.3 Å². The topological polar surface area (TPSA) is 78.1 Å². The third-order valence-electron chi connectivity index (χ3n) is 7.19. The zero-order valence-corrected chi connectivity index (χ0v) is 21.1. The van der Waals surface area contributed by atoms with Crippen LogP contribution >= 0.6 is 22.9 Å². The minimum Gasteiger partial charge on any atom is -0.351 e.